The van der Waals surface area contributed by atoms with Gasteiger partial charge in [0.15, 0.2) is 0 Å². The maximum atomic E-state index is 12.6. The maximum Gasteiger partial charge on any atom is 0.228 e. The van der Waals surface area contributed by atoms with E-state index in [9.17, 15) is 4.79 Å². The average molecular weight is 290 g/mol. The van der Waals surface area contributed by atoms with Crippen LogP contribution >= 0.6 is 0 Å². The van der Waals surface area contributed by atoms with E-state index in [1.165, 1.54) is 27.8 Å². The van der Waals surface area contributed by atoms with Gasteiger partial charge in [0.05, 0.1) is 12.2 Å². The zero-order valence-electron chi connectivity index (χ0n) is 12.4. The van der Waals surface area contributed by atoms with Crippen molar-refractivity contribution in [3.05, 3.63) is 65.2 Å². The van der Waals surface area contributed by atoms with Crippen LogP contribution in [0, 0.1) is 0 Å². The third-order valence-electron chi connectivity index (χ3n) is 4.44. The number of hydrogen-bond donors (Lipinski definition) is 1. The molecule has 2 aliphatic rings. The summed E-state index contributed by atoms with van der Waals surface area (Å²) in [5, 5.41) is 0. The third-order valence-corrected chi connectivity index (χ3v) is 4.44. The first-order valence-corrected chi connectivity index (χ1v) is 7.69. The van der Waals surface area contributed by atoms with Crippen LogP contribution in [0.5, 0.6) is 0 Å². The highest BCUT2D eigenvalue weighted by Crippen LogP contribution is 2.51. The Bertz CT molecular complexity index is 792. The predicted molar refractivity (Wildman–Crippen MR) is 89.2 cm³/mol. The number of fused-ring (bicyclic) bond motifs is 4. The van der Waals surface area contributed by atoms with Crippen LogP contribution in [-0.4, -0.2) is 12.5 Å². The van der Waals surface area contributed by atoms with Crippen LogP contribution < -0.4 is 10.6 Å². The summed E-state index contributed by atoms with van der Waals surface area (Å²) in [6.45, 7) is 0.996. The number of nitrogens with zero attached hydrogens (tertiary/aromatic N) is 1. The second-order valence-electron chi connectivity index (χ2n) is 5.83. The minimum Gasteiger partial charge on any atom is -0.330 e. The summed E-state index contributed by atoms with van der Waals surface area (Å²) in [4.78, 5) is 14.5. The summed E-state index contributed by atoms with van der Waals surface area (Å²) in [6.07, 6.45) is 1.40. The first kappa shape index (κ1) is 13.3. The number of anilines is 1. The van der Waals surface area contributed by atoms with E-state index in [2.05, 4.69) is 24.3 Å². The van der Waals surface area contributed by atoms with E-state index in [0.717, 1.165) is 12.1 Å². The molecule has 0 atom stereocenters. The zero-order chi connectivity index (χ0) is 15.1. The van der Waals surface area contributed by atoms with Gasteiger partial charge in [-0.3, -0.25) is 4.79 Å². The molecule has 1 heterocycles. The van der Waals surface area contributed by atoms with Crippen molar-refractivity contribution < 1.29 is 4.79 Å². The average Bonchev–Trinajstić information content (AvgIpc) is 3.32. The number of rotatable bonds is 2. The first-order valence-electron chi connectivity index (χ1n) is 7.69. The molecular weight excluding hydrogens is 272 g/mol. The Balaban J connectivity index is 1.90. The van der Waals surface area contributed by atoms with Crippen molar-refractivity contribution in [2.75, 3.05) is 11.4 Å². The van der Waals surface area contributed by atoms with Gasteiger partial charge in [-0.25, -0.2) is 0 Å². The van der Waals surface area contributed by atoms with Crippen molar-refractivity contribution in [1.82, 2.24) is 0 Å². The topological polar surface area (TPSA) is 46.3 Å². The van der Waals surface area contributed by atoms with Gasteiger partial charge in [0.2, 0.25) is 5.91 Å². The number of carbonyl (C=O) groups excluding carboxylic acids is 1. The summed E-state index contributed by atoms with van der Waals surface area (Å²) in [5.41, 5.74) is 13.1. The number of benzene rings is 2. The monoisotopic (exact) mass is 290 g/mol. The minimum absolute atomic E-state index is 0.0921. The molecule has 0 aromatic heterocycles. The summed E-state index contributed by atoms with van der Waals surface area (Å²) in [6, 6.07) is 16.6. The Morgan fingerprint density at radius 2 is 1.68 bits per heavy atom. The highest BCUT2D eigenvalue weighted by molar-refractivity contribution is 6.12. The summed E-state index contributed by atoms with van der Waals surface area (Å²) < 4.78 is 0. The molecule has 2 aromatic carbocycles. The summed E-state index contributed by atoms with van der Waals surface area (Å²) >= 11 is 0. The number of allylic oxidation sites excluding steroid dienone is 2. The molecule has 1 aliphatic heterocycles. The number of hydrogen-bond acceptors (Lipinski definition) is 2. The molecule has 0 spiro atoms. The van der Waals surface area contributed by atoms with Gasteiger partial charge in [-0.1, -0.05) is 42.5 Å². The molecule has 4 rings (SSSR count). The van der Waals surface area contributed by atoms with Crippen molar-refractivity contribution in [2.24, 2.45) is 5.73 Å². The lowest BCUT2D eigenvalue weighted by Crippen LogP contribution is -2.33. The largest absolute Gasteiger partial charge is 0.330 e. The van der Waals surface area contributed by atoms with Crippen molar-refractivity contribution in [2.45, 2.75) is 19.4 Å². The highest BCUT2D eigenvalue weighted by Gasteiger charge is 2.32. The molecule has 3 nitrogen and oxygen atoms in total. The number of para-hydroxylation sites is 1. The fourth-order valence-corrected chi connectivity index (χ4v) is 3.30. The van der Waals surface area contributed by atoms with Crippen LogP contribution in [0.4, 0.5) is 5.69 Å². The minimum atomic E-state index is 0.0921. The van der Waals surface area contributed by atoms with Crippen LogP contribution in [0.3, 0.4) is 0 Å². The number of nitrogens with two attached hydrogens (primary N) is 1. The molecule has 0 radical (unpaired) electrons. The fraction of sp³-hybridized carbons (Fsp3) is 0.211. The van der Waals surface area contributed by atoms with Gasteiger partial charge in [-0.15, -0.1) is 0 Å². The molecule has 0 saturated carbocycles. The molecule has 1 amide bonds. The van der Waals surface area contributed by atoms with E-state index in [4.69, 9.17) is 5.73 Å². The quantitative estimate of drug-likeness (QED) is 0.923. The Labute approximate surface area is 130 Å². The van der Waals surface area contributed by atoms with Gasteiger partial charge in [-0.2, -0.15) is 0 Å². The van der Waals surface area contributed by atoms with Crippen LogP contribution in [0.15, 0.2) is 48.5 Å². The van der Waals surface area contributed by atoms with Gasteiger partial charge in [0, 0.05) is 18.5 Å². The van der Waals surface area contributed by atoms with Gasteiger partial charge < -0.3 is 10.6 Å². The van der Waals surface area contributed by atoms with E-state index in [1.54, 1.807) is 0 Å². The highest BCUT2D eigenvalue weighted by atomic mass is 16.2. The van der Waals surface area contributed by atoms with Crippen LogP contribution in [-0.2, 0) is 11.3 Å². The Hall–Kier alpha value is -2.39. The lowest BCUT2D eigenvalue weighted by atomic mass is 10.0. The number of amides is 1. The van der Waals surface area contributed by atoms with Crippen LogP contribution in [0.25, 0.3) is 11.1 Å². The maximum absolute atomic E-state index is 12.6. The van der Waals surface area contributed by atoms with E-state index < -0.39 is 0 Å². The molecule has 3 heteroatoms. The van der Waals surface area contributed by atoms with Crippen molar-refractivity contribution in [3.63, 3.8) is 0 Å². The molecule has 110 valence electrons. The fourth-order valence-electron chi connectivity index (χ4n) is 3.30. The summed E-state index contributed by atoms with van der Waals surface area (Å²) in [5.74, 6) is 0.0921. The second-order valence-corrected chi connectivity index (χ2v) is 5.83. The van der Waals surface area contributed by atoms with Gasteiger partial charge in [-0.05, 0) is 34.8 Å². The Morgan fingerprint density at radius 1 is 1.00 bits per heavy atom. The normalized spacial score (nSPS) is 15.4. The molecule has 0 unspecified atom stereocenters. The molecule has 0 fully saturated rings. The van der Waals surface area contributed by atoms with Crippen molar-refractivity contribution >= 4 is 22.7 Å². The second kappa shape index (κ2) is 5.11. The SMILES string of the molecule is NCCC(=O)N1Cc2ccccc2C2=C(C2)c2ccccc21. The number of carbonyl (C=O) groups is 1. The molecule has 0 bridgehead atoms. The molecule has 22 heavy (non-hydrogen) atoms. The van der Waals surface area contributed by atoms with Crippen molar-refractivity contribution in [1.29, 1.82) is 0 Å². The molecule has 2 aromatic rings. The first-order chi connectivity index (χ1) is 10.8. The lowest BCUT2D eigenvalue weighted by Gasteiger charge is -2.26. The lowest BCUT2D eigenvalue weighted by molar-refractivity contribution is -0.118. The van der Waals surface area contributed by atoms with Gasteiger partial charge >= 0.3 is 0 Å². The standard InChI is InChI=1S/C19H18N2O/c20-10-9-19(22)21-12-13-5-1-2-6-14(13)16-11-17(16)15-7-3-4-8-18(15)21/h1-8H,9-12,20H2. The summed E-state index contributed by atoms with van der Waals surface area (Å²) in [7, 11) is 0. The van der Waals surface area contributed by atoms with Crippen LogP contribution in [0.2, 0.25) is 0 Å². The van der Waals surface area contributed by atoms with Gasteiger partial charge in [0.25, 0.3) is 0 Å². The molecule has 0 saturated heterocycles. The van der Waals surface area contributed by atoms with Crippen molar-refractivity contribution in [3.8, 4) is 0 Å². The molecule has 2 N–H and O–H groups in total. The predicted octanol–water partition coefficient (Wildman–Crippen LogP) is 3.20. The van der Waals surface area contributed by atoms with E-state index >= 15 is 0 Å². The van der Waals surface area contributed by atoms with E-state index in [0.29, 0.717) is 19.5 Å². The Kier molecular flexibility index (Phi) is 3.09. The van der Waals surface area contributed by atoms with E-state index in [-0.39, 0.29) is 5.91 Å². The zero-order valence-corrected chi connectivity index (χ0v) is 12.4. The molecular formula is C19H18N2O. The third kappa shape index (κ3) is 2.06. The Morgan fingerprint density at radius 3 is 2.50 bits per heavy atom. The van der Waals surface area contributed by atoms with Crippen LogP contribution in [0.1, 0.15) is 29.5 Å². The smallest absolute Gasteiger partial charge is 0.228 e. The van der Waals surface area contributed by atoms with Gasteiger partial charge in [0.1, 0.15) is 0 Å². The van der Waals surface area contributed by atoms with E-state index in [1.807, 2.05) is 29.2 Å². The molecule has 1 aliphatic carbocycles.